The van der Waals surface area contributed by atoms with Crippen LogP contribution in [0.25, 0.3) is 0 Å². The number of carbonyl (C=O) groups is 1. The van der Waals surface area contributed by atoms with Crippen LogP contribution in [0, 0.1) is 23.7 Å². The van der Waals surface area contributed by atoms with Gasteiger partial charge in [-0.1, -0.05) is 15.9 Å². The Morgan fingerprint density at radius 2 is 1.95 bits per heavy atom. The zero-order chi connectivity index (χ0) is 13.1. The summed E-state index contributed by atoms with van der Waals surface area (Å²) < 4.78 is 0.905. The van der Waals surface area contributed by atoms with E-state index in [9.17, 15) is 4.79 Å². The van der Waals surface area contributed by atoms with Gasteiger partial charge in [0.15, 0.2) is 0 Å². The third-order valence-corrected chi connectivity index (χ3v) is 5.78. The molecule has 19 heavy (non-hydrogen) atoms. The summed E-state index contributed by atoms with van der Waals surface area (Å²) in [5.41, 5.74) is 7.05. The highest BCUT2D eigenvalue weighted by atomic mass is 79.9. The van der Waals surface area contributed by atoms with Crippen molar-refractivity contribution in [3.8, 4) is 0 Å². The number of nitrogens with two attached hydrogens (primary N) is 1. The lowest BCUT2D eigenvalue weighted by atomic mass is 10.0. The summed E-state index contributed by atoms with van der Waals surface area (Å²) >= 11 is 3.36. The Morgan fingerprint density at radius 1 is 1.26 bits per heavy atom. The average Bonchev–Trinajstić information content (AvgIpc) is 2.78. The summed E-state index contributed by atoms with van der Waals surface area (Å²) in [6.45, 7) is 0. The fourth-order valence-corrected chi connectivity index (χ4v) is 4.87. The summed E-state index contributed by atoms with van der Waals surface area (Å²) in [5.74, 6) is 3.27. The molecule has 4 heteroatoms. The van der Waals surface area contributed by atoms with Crippen molar-refractivity contribution in [1.82, 2.24) is 5.32 Å². The molecule has 0 aromatic heterocycles. The van der Waals surface area contributed by atoms with E-state index in [2.05, 4.69) is 21.2 Å². The second-order valence-electron chi connectivity index (χ2n) is 6.22. The molecule has 0 spiro atoms. The van der Waals surface area contributed by atoms with Crippen molar-refractivity contribution in [3.63, 3.8) is 0 Å². The molecule has 3 N–H and O–H groups in total. The number of anilines is 1. The van der Waals surface area contributed by atoms with Gasteiger partial charge in [-0.05, 0) is 61.1 Å². The van der Waals surface area contributed by atoms with Gasteiger partial charge in [0.25, 0.3) is 5.91 Å². The van der Waals surface area contributed by atoms with E-state index in [1.54, 1.807) is 12.1 Å². The highest BCUT2D eigenvalue weighted by molar-refractivity contribution is 9.10. The van der Waals surface area contributed by atoms with Gasteiger partial charge in [0.2, 0.25) is 0 Å². The molecule has 0 saturated heterocycles. The molecule has 3 nitrogen and oxygen atoms in total. The van der Waals surface area contributed by atoms with Gasteiger partial charge >= 0.3 is 0 Å². The van der Waals surface area contributed by atoms with Gasteiger partial charge < -0.3 is 11.1 Å². The van der Waals surface area contributed by atoms with E-state index >= 15 is 0 Å². The lowest BCUT2D eigenvalue weighted by Gasteiger charge is -2.12. The Labute approximate surface area is 121 Å². The molecule has 3 aliphatic carbocycles. The van der Waals surface area contributed by atoms with Crippen molar-refractivity contribution < 1.29 is 4.79 Å². The maximum Gasteiger partial charge on any atom is 0.253 e. The number of fused-ring (bicyclic) bond motifs is 5. The van der Waals surface area contributed by atoms with Crippen LogP contribution in [-0.2, 0) is 0 Å². The summed E-state index contributed by atoms with van der Waals surface area (Å²) in [6.07, 6.45) is 4.15. The van der Waals surface area contributed by atoms with Crippen LogP contribution < -0.4 is 11.1 Å². The van der Waals surface area contributed by atoms with E-state index in [1.165, 1.54) is 19.3 Å². The number of hydrogen-bond donors (Lipinski definition) is 2. The first-order chi connectivity index (χ1) is 9.15. The van der Waals surface area contributed by atoms with Gasteiger partial charge in [0, 0.05) is 16.2 Å². The van der Waals surface area contributed by atoms with E-state index in [0.717, 1.165) is 28.1 Å². The average molecular weight is 321 g/mol. The molecular formula is C15H17BrN2O. The number of hydrogen-bond acceptors (Lipinski definition) is 2. The molecule has 4 unspecified atom stereocenters. The van der Waals surface area contributed by atoms with Crippen LogP contribution >= 0.6 is 15.9 Å². The SMILES string of the molecule is Nc1cc(Br)ccc1C(=O)NC1C2C3CCC(C3)C12. The van der Waals surface area contributed by atoms with E-state index in [0.29, 0.717) is 17.3 Å². The number of rotatable bonds is 2. The molecule has 0 radical (unpaired) electrons. The van der Waals surface area contributed by atoms with Crippen molar-refractivity contribution in [2.75, 3.05) is 5.73 Å². The highest BCUT2D eigenvalue weighted by Gasteiger charge is 2.65. The number of nitrogen functional groups attached to an aromatic ring is 1. The predicted octanol–water partition coefficient (Wildman–Crippen LogP) is 2.81. The second kappa shape index (κ2) is 3.98. The number of halogens is 1. The fourth-order valence-electron chi connectivity index (χ4n) is 4.49. The smallest absolute Gasteiger partial charge is 0.253 e. The maximum atomic E-state index is 12.3. The lowest BCUT2D eigenvalue weighted by Crippen LogP contribution is -2.30. The van der Waals surface area contributed by atoms with Crippen LogP contribution in [0.15, 0.2) is 22.7 Å². The van der Waals surface area contributed by atoms with Crippen molar-refractivity contribution in [2.45, 2.75) is 25.3 Å². The molecule has 3 aliphatic rings. The molecule has 0 aliphatic heterocycles. The minimum absolute atomic E-state index is 0.0104. The first-order valence-corrected chi connectivity index (χ1v) is 7.80. The van der Waals surface area contributed by atoms with Crippen molar-refractivity contribution in [2.24, 2.45) is 23.7 Å². The molecule has 3 saturated carbocycles. The van der Waals surface area contributed by atoms with Crippen LogP contribution in [-0.4, -0.2) is 11.9 Å². The van der Waals surface area contributed by atoms with Gasteiger partial charge in [0.1, 0.15) is 0 Å². The largest absolute Gasteiger partial charge is 0.398 e. The molecule has 3 fully saturated rings. The van der Waals surface area contributed by atoms with Crippen LogP contribution in [0.3, 0.4) is 0 Å². The third kappa shape index (κ3) is 1.72. The van der Waals surface area contributed by atoms with E-state index < -0.39 is 0 Å². The lowest BCUT2D eigenvalue weighted by molar-refractivity contribution is 0.0945. The molecule has 1 amide bonds. The zero-order valence-electron chi connectivity index (χ0n) is 10.6. The van der Waals surface area contributed by atoms with Crippen LogP contribution in [0.4, 0.5) is 5.69 Å². The Morgan fingerprint density at radius 3 is 2.58 bits per heavy atom. The molecular weight excluding hydrogens is 304 g/mol. The summed E-state index contributed by atoms with van der Waals surface area (Å²) in [6, 6.07) is 5.86. The maximum absolute atomic E-state index is 12.3. The molecule has 2 bridgehead atoms. The van der Waals surface area contributed by atoms with Gasteiger partial charge in [-0.25, -0.2) is 0 Å². The Bertz CT molecular complexity index is 543. The first-order valence-electron chi connectivity index (χ1n) is 7.01. The van der Waals surface area contributed by atoms with Gasteiger partial charge in [-0.15, -0.1) is 0 Å². The predicted molar refractivity (Wildman–Crippen MR) is 77.6 cm³/mol. The van der Waals surface area contributed by atoms with E-state index in [-0.39, 0.29) is 5.91 Å². The zero-order valence-corrected chi connectivity index (χ0v) is 12.2. The summed E-state index contributed by atoms with van der Waals surface area (Å²) in [5, 5.41) is 3.20. The van der Waals surface area contributed by atoms with Crippen molar-refractivity contribution in [1.29, 1.82) is 0 Å². The van der Waals surface area contributed by atoms with Crippen molar-refractivity contribution in [3.05, 3.63) is 28.2 Å². The van der Waals surface area contributed by atoms with E-state index in [1.807, 2.05) is 6.07 Å². The van der Waals surface area contributed by atoms with Gasteiger partial charge in [-0.3, -0.25) is 4.79 Å². The molecule has 4 atom stereocenters. The highest BCUT2D eigenvalue weighted by Crippen LogP contribution is 2.65. The number of amides is 1. The molecule has 4 rings (SSSR count). The minimum Gasteiger partial charge on any atom is -0.398 e. The standard InChI is InChI=1S/C15H17BrN2O/c16-9-3-4-10(11(17)6-9)15(19)18-14-12-7-1-2-8(5-7)13(12)14/h3-4,6-8,12-14H,1-2,5,17H2,(H,18,19). The number of nitrogens with one attached hydrogen (secondary N) is 1. The van der Waals surface area contributed by atoms with Crippen LogP contribution in [0.2, 0.25) is 0 Å². The second-order valence-corrected chi connectivity index (χ2v) is 7.13. The van der Waals surface area contributed by atoms with Crippen LogP contribution in [0.5, 0.6) is 0 Å². The molecule has 1 aromatic carbocycles. The van der Waals surface area contributed by atoms with Crippen molar-refractivity contribution >= 4 is 27.5 Å². The monoisotopic (exact) mass is 320 g/mol. The topological polar surface area (TPSA) is 55.1 Å². The summed E-state index contributed by atoms with van der Waals surface area (Å²) in [7, 11) is 0. The van der Waals surface area contributed by atoms with Gasteiger partial charge in [-0.2, -0.15) is 0 Å². The normalized spacial score (nSPS) is 38.1. The minimum atomic E-state index is -0.0104. The molecule has 1 aromatic rings. The van der Waals surface area contributed by atoms with Gasteiger partial charge in [0.05, 0.1) is 5.56 Å². The van der Waals surface area contributed by atoms with E-state index in [4.69, 9.17) is 5.73 Å². The number of carbonyl (C=O) groups excluding carboxylic acids is 1. The number of benzene rings is 1. The quantitative estimate of drug-likeness (QED) is 0.823. The Balaban J connectivity index is 1.48. The molecule has 0 heterocycles. The Hall–Kier alpha value is -1.03. The van der Waals surface area contributed by atoms with Crippen LogP contribution in [0.1, 0.15) is 29.6 Å². The fraction of sp³-hybridized carbons (Fsp3) is 0.533. The summed E-state index contributed by atoms with van der Waals surface area (Å²) in [4.78, 5) is 12.3. The first kappa shape index (κ1) is 11.8. The molecule has 100 valence electrons. The third-order valence-electron chi connectivity index (χ3n) is 5.29. The Kier molecular flexibility index (Phi) is 2.47.